The van der Waals surface area contributed by atoms with Gasteiger partial charge in [-0.05, 0) is 66.9 Å². The number of ether oxygens (including phenoxy) is 1. The van der Waals surface area contributed by atoms with Gasteiger partial charge in [-0.1, -0.05) is 41.9 Å². The molecule has 1 aliphatic heterocycles. The van der Waals surface area contributed by atoms with Crippen molar-refractivity contribution in [1.82, 2.24) is 0 Å². The Bertz CT molecular complexity index is 1230. The lowest BCUT2D eigenvalue weighted by molar-refractivity contribution is -0.132. The Morgan fingerprint density at radius 1 is 0.969 bits per heavy atom. The maximum absolute atomic E-state index is 13.2. The Kier molecular flexibility index (Phi) is 5.76. The molecule has 1 fully saturated rings. The fraction of sp³-hybridized carbons (Fsp3) is 0.154. The highest BCUT2D eigenvalue weighted by molar-refractivity contribution is 6.51. The molecule has 0 bridgehead atoms. The summed E-state index contributed by atoms with van der Waals surface area (Å²) >= 11 is 6.10. The fourth-order valence-electron chi connectivity index (χ4n) is 4.08. The molecule has 0 aromatic heterocycles. The van der Waals surface area contributed by atoms with Gasteiger partial charge in [-0.15, -0.1) is 0 Å². The molecule has 1 amide bonds. The van der Waals surface area contributed by atoms with Crippen molar-refractivity contribution in [3.8, 4) is 5.75 Å². The van der Waals surface area contributed by atoms with Crippen molar-refractivity contribution in [3.05, 3.63) is 99.6 Å². The SMILES string of the molecule is COc1ccc(C2/C(=C(\O)c3cccc(Cl)c3)C(=O)C(=O)N2c2cc(C)cc(C)c2)cc1. The van der Waals surface area contributed by atoms with Crippen LogP contribution in [0, 0.1) is 13.8 Å². The second-order valence-electron chi connectivity index (χ2n) is 7.80. The van der Waals surface area contributed by atoms with Crippen molar-refractivity contribution in [3.63, 3.8) is 0 Å². The molecule has 1 heterocycles. The minimum atomic E-state index is -0.805. The highest BCUT2D eigenvalue weighted by atomic mass is 35.5. The number of methoxy groups -OCH3 is 1. The number of hydrogen-bond acceptors (Lipinski definition) is 4. The van der Waals surface area contributed by atoms with Crippen molar-refractivity contribution in [2.75, 3.05) is 12.0 Å². The molecule has 162 valence electrons. The van der Waals surface area contributed by atoms with Crippen LogP contribution in [0.1, 0.15) is 28.3 Å². The lowest BCUT2D eigenvalue weighted by Crippen LogP contribution is -2.29. The standard InChI is InChI=1S/C26H22ClNO4/c1-15-11-16(2)13-20(12-15)28-23(17-7-9-21(32-3)10-8-17)22(25(30)26(28)31)24(29)18-5-4-6-19(27)14-18/h4-14,23,29H,1-3H3/b24-22+. The zero-order valence-electron chi connectivity index (χ0n) is 17.9. The van der Waals surface area contributed by atoms with E-state index in [4.69, 9.17) is 16.3 Å². The molecule has 0 spiro atoms. The summed E-state index contributed by atoms with van der Waals surface area (Å²) in [5.41, 5.74) is 3.58. The van der Waals surface area contributed by atoms with Crippen LogP contribution in [0.25, 0.3) is 5.76 Å². The van der Waals surface area contributed by atoms with Gasteiger partial charge in [0.05, 0.1) is 18.7 Å². The number of aryl methyl sites for hydroxylation is 2. The first-order valence-corrected chi connectivity index (χ1v) is 10.5. The molecule has 0 radical (unpaired) electrons. The Morgan fingerprint density at radius 3 is 2.22 bits per heavy atom. The van der Waals surface area contributed by atoms with Crippen LogP contribution in [0.5, 0.6) is 5.75 Å². The molecule has 0 saturated carbocycles. The van der Waals surface area contributed by atoms with Gasteiger partial charge in [0.15, 0.2) is 0 Å². The Morgan fingerprint density at radius 2 is 1.62 bits per heavy atom. The first-order chi connectivity index (χ1) is 15.3. The smallest absolute Gasteiger partial charge is 0.300 e. The first-order valence-electron chi connectivity index (χ1n) is 10.1. The molecule has 1 saturated heterocycles. The third-order valence-corrected chi connectivity index (χ3v) is 5.69. The van der Waals surface area contributed by atoms with Crippen molar-refractivity contribution in [2.24, 2.45) is 0 Å². The van der Waals surface area contributed by atoms with E-state index < -0.39 is 17.7 Å². The topological polar surface area (TPSA) is 66.8 Å². The van der Waals surface area contributed by atoms with Crippen LogP contribution in [0.2, 0.25) is 5.02 Å². The highest BCUT2D eigenvalue weighted by Crippen LogP contribution is 2.43. The third kappa shape index (κ3) is 3.87. The Labute approximate surface area is 191 Å². The number of benzene rings is 3. The number of nitrogens with zero attached hydrogens (tertiary/aromatic N) is 1. The lowest BCUT2D eigenvalue weighted by atomic mass is 9.95. The van der Waals surface area contributed by atoms with Gasteiger partial charge in [-0.3, -0.25) is 14.5 Å². The van der Waals surface area contributed by atoms with E-state index in [1.54, 1.807) is 55.6 Å². The molecule has 1 atom stereocenters. The van der Waals surface area contributed by atoms with E-state index in [2.05, 4.69) is 0 Å². The molecule has 4 rings (SSSR count). The molecular weight excluding hydrogens is 426 g/mol. The molecule has 1 unspecified atom stereocenters. The van der Waals surface area contributed by atoms with E-state index >= 15 is 0 Å². The number of amides is 1. The molecule has 1 N–H and O–H groups in total. The van der Waals surface area contributed by atoms with E-state index in [0.717, 1.165) is 11.1 Å². The van der Waals surface area contributed by atoms with Gasteiger partial charge in [0.2, 0.25) is 0 Å². The highest BCUT2D eigenvalue weighted by Gasteiger charge is 2.47. The predicted octanol–water partition coefficient (Wildman–Crippen LogP) is 5.59. The number of aliphatic hydroxyl groups is 1. The summed E-state index contributed by atoms with van der Waals surface area (Å²) in [6, 6.07) is 18.6. The maximum atomic E-state index is 13.2. The number of aliphatic hydroxyl groups excluding tert-OH is 1. The van der Waals surface area contributed by atoms with Crippen LogP contribution < -0.4 is 9.64 Å². The number of rotatable bonds is 4. The number of anilines is 1. The fourth-order valence-corrected chi connectivity index (χ4v) is 4.27. The Hall–Kier alpha value is -3.57. The summed E-state index contributed by atoms with van der Waals surface area (Å²) in [7, 11) is 1.57. The van der Waals surface area contributed by atoms with Gasteiger partial charge >= 0.3 is 0 Å². The lowest BCUT2D eigenvalue weighted by Gasteiger charge is -2.26. The number of halogens is 1. The van der Waals surface area contributed by atoms with Crippen LogP contribution in [-0.4, -0.2) is 23.9 Å². The predicted molar refractivity (Wildman–Crippen MR) is 125 cm³/mol. The van der Waals surface area contributed by atoms with Crippen LogP contribution in [0.15, 0.2) is 72.3 Å². The second kappa shape index (κ2) is 8.52. The maximum Gasteiger partial charge on any atom is 0.300 e. The average Bonchev–Trinajstić information content (AvgIpc) is 3.03. The van der Waals surface area contributed by atoms with Gasteiger partial charge in [0, 0.05) is 16.3 Å². The van der Waals surface area contributed by atoms with Crippen LogP contribution in [0.3, 0.4) is 0 Å². The van der Waals surface area contributed by atoms with Crippen molar-refractivity contribution >= 4 is 34.7 Å². The molecule has 3 aromatic carbocycles. The molecule has 0 aliphatic carbocycles. The summed E-state index contributed by atoms with van der Waals surface area (Å²) in [6.07, 6.45) is 0. The van der Waals surface area contributed by atoms with Crippen molar-refractivity contribution in [2.45, 2.75) is 19.9 Å². The van der Waals surface area contributed by atoms with Crippen molar-refractivity contribution < 1.29 is 19.4 Å². The second-order valence-corrected chi connectivity index (χ2v) is 8.23. The molecule has 5 nitrogen and oxygen atoms in total. The van der Waals surface area contributed by atoms with Gasteiger partial charge in [0.1, 0.15) is 11.5 Å². The van der Waals surface area contributed by atoms with E-state index in [-0.39, 0.29) is 11.3 Å². The quantitative estimate of drug-likeness (QED) is 0.321. The summed E-state index contributed by atoms with van der Waals surface area (Å²) < 4.78 is 5.25. The third-order valence-electron chi connectivity index (χ3n) is 5.46. The molecule has 3 aromatic rings. The summed E-state index contributed by atoms with van der Waals surface area (Å²) in [6.45, 7) is 3.86. The molecule has 1 aliphatic rings. The summed E-state index contributed by atoms with van der Waals surface area (Å²) in [5, 5.41) is 11.6. The normalized spacial score (nSPS) is 17.6. The zero-order valence-corrected chi connectivity index (χ0v) is 18.7. The van der Waals surface area contributed by atoms with Gasteiger partial charge in [-0.2, -0.15) is 0 Å². The first kappa shape index (κ1) is 21.7. The van der Waals surface area contributed by atoms with E-state index in [9.17, 15) is 14.7 Å². The van der Waals surface area contributed by atoms with Gasteiger partial charge < -0.3 is 9.84 Å². The number of Topliss-reactive ketones (excluding diaryl/α,β-unsaturated/α-hetero) is 1. The van der Waals surface area contributed by atoms with Crippen LogP contribution in [0.4, 0.5) is 5.69 Å². The van der Waals surface area contributed by atoms with Crippen molar-refractivity contribution in [1.29, 1.82) is 0 Å². The largest absolute Gasteiger partial charge is 0.507 e. The molecular formula is C26H22ClNO4. The van der Waals surface area contributed by atoms with E-state index in [1.165, 1.54) is 4.90 Å². The summed E-state index contributed by atoms with van der Waals surface area (Å²) in [4.78, 5) is 27.9. The van der Waals surface area contributed by atoms with Crippen LogP contribution >= 0.6 is 11.6 Å². The van der Waals surface area contributed by atoms with Gasteiger partial charge in [0.25, 0.3) is 11.7 Å². The average molecular weight is 448 g/mol. The minimum absolute atomic E-state index is 0.0154. The van der Waals surface area contributed by atoms with E-state index in [1.807, 2.05) is 32.0 Å². The zero-order chi connectivity index (χ0) is 23.0. The summed E-state index contributed by atoms with van der Waals surface area (Å²) in [5.74, 6) is -1.06. The number of hydrogen-bond donors (Lipinski definition) is 1. The number of carbonyl (C=O) groups is 2. The Balaban J connectivity index is 1.96. The number of ketones is 1. The van der Waals surface area contributed by atoms with Gasteiger partial charge in [-0.25, -0.2) is 0 Å². The van der Waals surface area contributed by atoms with Crippen LogP contribution in [-0.2, 0) is 9.59 Å². The molecule has 6 heteroatoms. The molecule has 32 heavy (non-hydrogen) atoms. The van der Waals surface area contributed by atoms with E-state index in [0.29, 0.717) is 27.6 Å². The minimum Gasteiger partial charge on any atom is -0.507 e. The monoisotopic (exact) mass is 447 g/mol. The number of carbonyl (C=O) groups excluding carboxylic acids is 2.